The van der Waals surface area contributed by atoms with E-state index in [1.807, 2.05) is 36.4 Å². The van der Waals surface area contributed by atoms with Gasteiger partial charge in [0.1, 0.15) is 0 Å². The van der Waals surface area contributed by atoms with E-state index in [1.165, 1.54) is 0 Å². The molecule has 3 N–H and O–H groups in total. The zero-order valence-corrected chi connectivity index (χ0v) is 19.7. The summed E-state index contributed by atoms with van der Waals surface area (Å²) in [4.78, 5) is 40.8. The number of hydrogen-bond acceptors (Lipinski definition) is 6. The van der Waals surface area contributed by atoms with E-state index >= 15 is 0 Å². The number of hydrazine groups is 1. The molecule has 0 aliphatic heterocycles. The lowest BCUT2D eigenvalue weighted by molar-refractivity contribution is -0.121. The average Bonchev–Trinajstić information content (AvgIpc) is 3.30. The summed E-state index contributed by atoms with van der Waals surface area (Å²) < 4.78 is 2.17. The van der Waals surface area contributed by atoms with Crippen molar-refractivity contribution in [2.24, 2.45) is 0 Å². The van der Waals surface area contributed by atoms with Crippen molar-refractivity contribution >= 4 is 51.0 Å². The van der Waals surface area contributed by atoms with Crippen molar-refractivity contribution in [1.82, 2.24) is 21.2 Å². The van der Waals surface area contributed by atoms with E-state index in [4.69, 9.17) is 0 Å². The molecule has 0 spiro atoms. The molecule has 0 fully saturated rings. The third-order valence-corrected chi connectivity index (χ3v) is 7.09. The van der Waals surface area contributed by atoms with Crippen LogP contribution in [0.4, 0.5) is 0 Å². The van der Waals surface area contributed by atoms with Crippen LogP contribution in [0.15, 0.2) is 83.2 Å². The number of nitrogens with one attached hydrogen (secondary N) is 3. The van der Waals surface area contributed by atoms with E-state index in [9.17, 15) is 14.4 Å². The first kappa shape index (κ1) is 23.5. The molecule has 0 saturated heterocycles. The highest BCUT2D eigenvalue weighted by atomic mass is 32.2. The van der Waals surface area contributed by atoms with Crippen molar-refractivity contribution < 1.29 is 14.4 Å². The molecule has 1 heterocycles. The largest absolute Gasteiger partial charge is 0.352 e. The van der Waals surface area contributed by atoms with Gasteiger partial charge in [-0.3, -0.25) is 25.2 Å². The summed E-state index contributed by atoms with van der Waals surface area (Å²) in [6.45, 7) is 0.163. The van der Waals surface area contributed by atoms with Gasteiger partial charge in [0.15, 0.2) is 4.34 Å². The lowest BCUT2D eigenvalue weighted by Crippen LogP contribution is -2.42. The summed E-state index contributed by atoms with van der Waals surface area (Å²) >= 11 is 3.32. The Hall–Kier alpha value is -3.69. The van der Waals surface area contributed by atoms with Crippen LogP contribution in [0.2, 0.25) is 0 Å². The molecule has 7 nitrogen and oxygen atoms in total. The van der Waals surface area contributed by atoms with E-state index in [2.05, 4.69) is 27.2 Å². The van der Waals surface area contributed by atoms with Crippen molar-refractivity contribution in [3.63, 3.8) is 0 Å². The van der Waals surface area contributed by atoms with Crippen LogP contribution < -0.4 is 16.2 Å². The number of thiazole rings is 1. The molecule has 0 saturated carbocycles. The van der Waals surface area contributed by atoms with Crippen LogP contribution in [-0.2, 0) is 10.5 Å². The minimum Gasteiger partial charge on any atom is -0.352 e. The topological polar surface area (TPSA) is 100 Å². The Morgan fingerprint density at radius 1 is 0.794 bits per heavy atom. The van der Waals surface area contributed by atoms with Crippen LogP contribution >= 0.6 is 23.1 Å². The van der Waals surface area contributed by atoms with Gasteiger partial charge in [0.2, 0.25) is 5.91 Å². The van der Waals surface area contributed by atoms with Gasteiger partial charge in [0, 0.05) is 29.8 Å². The predicted molar refractivity (Wildman–Crippen MR) is 135 cm³/mol. The number of fused-ring (bicyclic) bond motifs is 1. The van der Waals surface area contributed by atoms with Crippen molar-refractivity contribution in [1.29, 1.82) is 0 Å². The molecule has 9 heteroatoms. The molecule has 0 radical (unpaired) electrons. The number of aromatic nitrogens is 1. The number of carbonyl (C=O) groups excluding carboxylic acids is 3. The summed E-state index contributed by atoms with van der Waals surface area (Å²) in [5, 5.41) is 2.67. The number of rotatable bonds is 8. The number of thioether (sulfide) groups is 1. The van der Waals surface area contributed by atoms with Crippen LogP contribution in [0.25, 0.3) is 10.2 Å². The fourth-order valence-corrected chi connectivity index (χ4v) is 5.08. The maximum absolute atomic E-state index is 12.3. The quantitative estimate of drug-likeness (QED) is 0.254. The monoisotopic (exact) mass is 490 g/mol. The van der Waals surface area contributed by atoms with E-state index in [0.29, 0.717) is 11.1 Å². The summed E-state index contributed by atoms with van der Waals surface area (Å²) in [5.74, 6) is -0.316. The van der Waals surface area contributed by atoms with Gasteiger partial charge in [-0.2, -0.15) is 0 Å². The summed E-state index contributed by atoms with van der Waals surface area (Å²) in [6.07, 6.45) is 0.0424. The normalized spacial score (nSPS) is 10.6. The second kappa shape index (κ2) is 11.4. The maximum atomic E-state index is 12.3. The molecule has 0 unspecified atom stereocenters. The minimum atomic E-state index is -0.410. The molecule has 4 rings (SSSR count). The zero-order chi connectivity index (χ0) is 23.8. The molecule has 3 amide bonds. The van der Waals surface area contributed by atoms with Gasteiger partial charge in [-0.1, -0.05) is 54.2 Å². The van der Waals surface area contributed by atoms with E-state index < -0.39 is 11.8 Å². The molecule has 0 aliphatic rings. The Balaban J connectivity index is 1.18. The van der Waals surface area contributed by atoms with Gasteiger partial charge >= 0.3 is 0 Å². The van der Waals surface area contributed by atoms with Gasteiger partial charge < -0.3 is 5.32 Å². The Morgan fingerprint density at radius 2 is 1.50 bits per heavy atom. The fraction of sp³-hybridized carbons (Fsp3) is 0.120. The SMILES string of the molecule is O=C(CCNC(=O)c1ccccc1)NNC(=O)c1ccc(CSc2nc3ccccc3s2)cc1. The number of amides is 3. The molecule has 1 aromatic heterocycles. The molecule has 172 valence electrons. The second-order valence-corrected chi connectivity index (χ2v) is 9.56. The Morgan fingerprint density at radius 3 is 2.26 bits per heavy atom. The van der Waals surface area contributed by atoms with Crippen LogP contribution in [0.5, 0.6) is 0 Å². The zero-order valence-electron chi connectivity index (χ0n) is 18.1. The molecule has 3 aromatic carbocycles. The number of nitrogens with zero attached hydrogens (tertiary/aromatic N) is 1. The summed E-state index contributed by atoms with van der Waals surface area (Å²) in [5.41, 5.74) is 7.80. The number of carbonyl (C=O) groups is 3. The van der Waals surface area contributed by atoms with Gasteiger partial charge in [-0.15, -0.1) is 11.3 Å². The molecule has 0 bridgehead atoms. The maximum Gasteiger partial charge on any atom is 0.269 e. The van der Waals surface area contributed by atoms with Crippen LogP contribution in [0.1, 0.15) is 32.7 Å². The fourth-order valence-electron chi connectivity index (χ4n) is 3.05. The first-order valence-corrected chi connectivity index (χ1v) is 12.4. The highest BCUT2D eigenvalue weighted by Crippen LogP contribution is 2.31. The van der Waals surface area contributed by atoms with Crippen molar-refractivity contribution in [3.05, 3.63) is 95.6 Å². The standard InChI is InChI=1S/C25H22N4O3S2/c30-22(14-15-26-23(31)18-6-2-1-3-7-18)28-29-24(32)19-12-10-17(11-13-19)16-33-25-27-20-8-4-5-9-21(20)34-25/h1-13H,14-16H2,(H,26,31)(H,28,30)(H,29,32). The predicted octanol–water partition coefficient (Wildman–Crippen LogP) is 4.17. The number of hydrogen-bond donors (Lipinski definition) is 3. The van der Waals surface area contributed by atoms with E-state index in [0.717, 1.165) is 25.9 Å². The third-order valence-electron chi connectivity index (χ3n) is 4.84. The number of benzene rings is 3. The van der Waals surface area contributed by atoms with Gasteiger partial charge in [0.05, 0.1) is 10.2 Å². The van der Waals surface area contributed by atoms with Crippen molar-refractivity contribution in [3.8, 4) is 0 Å². The lowest BCUT2D eigenvalue weighted by Gasteiger charge is -2.09. The number of para-hydroxylation sites is 1. The Bertz CT molecular complexity index is 1260. The van der Waals surface area contributed by atoms with E-state index in [1.54, 1.807) is 59.5 Å². The molecular formula is C25H22N4O3S2. The molecular weight excluding hydrogens is 468 g/mol. The summed E-state index contributed by atoms with van der Waals surface area (Å²) in [6, 6.07) is 24.0. The molecule has 0 atom stereocenters. The van der Waals surface area contributed by atoms with Crippen LogP contribution in [-0.4, -0.2) is 29.3 Å². The first-order valence-electron chi connectivity index (χ1n) is 10.6. The smallest absolute Gasteiger partial charge is 0.269 e. The molecule has 34 heavy (non-hydrogen) atoms. The molecule has 0 aliphatic carbocycles. The average molecular weight is 491 g/mol. The third kappa shape index (κ3) is 6.43. The van der Waals surface area contributed by atoms with Crippen molar-refractivity contribution in [2.75, 3.05) is 6.54 Å². The molecule has 4 aromatic rings. The highest BCUT2D eigenvalue weighted by molar-refractivity contribution is 8.00. The van der Waals surface area contributed by atoms with Gasteiger partial charge in [-0.05, 0) is 42.0 Å². The Kier molecular flexibility index (Phi) is 7.90. The highest BCUT2D eigenvalue weighted by Gasteiger charge is 2.10. The minimum absolute atomic E-state index is 0.0424. The van der Waals surface area contributed by atoms with E-state index in [-0.39, 0.29) is 18.9 Å². The van der Waals surface area contributed by atoms with Crippen molar-refractivity contribution in [2.45, 2.75) is 16.5 Å². The second-order valence-electron chi connectivity index (χ2n) is 7.31. The van der Waals surface area contributed by atoms with Crippen LogP contribution in [0.3, 0.4) is 0 Å². The summed E-state index contributed by atoms with van der Waals surface area (Å²) in [7, 11) is 0. The Labute approximate surface area is 205 Å². The first-order chi connectivity index (χ1) is 16.6. The van der Waals surface area contributed by atoms with Crippen LogP contribution in [0, 0.1) is 0 Å². The van der Waals surface area contributed by atoms with Gasteiger partial charge in [-0.25, -0.2) is 4.98 Å². The van der Waals surface area contributed by atoms with Gasteiger partial charge in [0.25, 0.3) is 11.8 Å². The lowest BCUT2D eigenvalue weighted by atomic mass is 10.1.